The van der Waals surface area contributed by atoms with E-state index < -0.39 is 10.0 Å². The Kier molecular flexibility index (Phi) is 6.64. The second-order valence-corrected chi connectivity index (χ2v) is 6.54. The lowest BCUT2D eigenvalue weighted by Gasteiger charge is -2.06. The van der Waals surface area contributed by atoms with E-state index in [1.807, 2.05) is 12.3 Å². The van der Waals surface area contributed by atoms with Gasteiger partial charge < -0.3 is 5.32 Å². The molecule has 0 fully saturated rings. The summed E-state index contributed by atoms with van der Waals surface area (Å²) in [7, 11) is -3.15. The lowest BCUT2D eigenvalue weighted by atomic mass is 10.5. The summed E-state index contributed by atoms with van der Waals surface area (Å²) in [5, 5.41) is 5.91. The number of sulfonamides is 1. The van der Waals surface area contributed by atoms with E-state index in [0.29, 0.717) is 19.5 Å². The molecule has 0 saturated heterocycles. The van der Waals surface area contributed by atoms with Crippen LogP contribution in [0.5, 0.6) is 0 Å². The standard InChI is InChI=1S/C10H19N3O2S2/c1-2-4-11-7-9-17(14,15)13-5-3-10-12-6-8-16-10/h6,8,11,13H,2-5,7,9H2,1H3. The number of nitrogens with zero attached hydrogens (tertiary/aromatic N) is 1. The minimum atomic E-state index is -3.15. The largest absolute Gasteiger partial charge is 0.316 e. The van der Waals surface area contributed by atoms with Gasteiger partial charge in [-0.1, -0.05) is 6.92 Å². The number of thiazole rings is 1. The van der Waals surface area contributed by atoms with E-state index in [4.69, 9.17) is 0 Å². The molecule has 0 atom stereocenters. The third-order valence-electron chi connectivity index (χ3n) is 2.12. The number of aromatic nitrogens is 1. The molecule has 0 aliphatic carbocycles. The molecule has 0 unspecified atom stereocenters. The Morgan fingerprint density at radius 2 is 2.18 bits per heavy atom. The molecule has 1 heterocycles. The van der Waals surface area contributed by atoms with Crippen molar-refractivity contribution in [3.05, 3.63) is 16.6 Å². The summed E-state index contributed by atoms with van der Waals surface area (Å²) in [4.78, 5) is 4.09. The van der Waals surface area contributed by atoms with Crippen molar-refractivity contribution >= 4 is 21.4 Å². The summed E-state index contributed by atoms with van der Waals surface area (Å²) in [6.07, 6.45) is 3.39. The van der Waals surface area contributed by atoms with Gasteiger partial charge in [0.25, 0.3) is 0 Å². The van der Waals surface area contributed by atoms with Crippen molar-refractivity contribution in [3.63, 3.8) is 0 Å². The zero-order chi connectivity index (χ0) is 12.6. The molecule has 98 valence electrons. The van der Waals surface area contributed by atoms with E-state index in [2.05, 4.69) is 15.0 Å². The first-order chi connectivity index (χ1) is 8.14. The highest BCUT2D eigenvalue weighted by Gasteiger charge is 2.08. The van der Waals surface area contributed by atoms with E-state index in [1.54, 1.807) is 6.20 Å². The topological polar surface area (TPSA) is 71.1 Å². The van der Waals surface area contributed by atoms with Gasteiger partial charge >= 0.3 is 0 Å². The second-order valence-electron chi connectivity index (χ2n) is 3.64. The average Bonchev–Trinajstić information content (AvgIpc) is 2.77. The first-order valence-electron chi connectivity index (χ1n) is 5.70. The van der Waals surface area contributed by atoms with Crippen LogP contribution in [0.15, 0.2) is 11.6 Å². The highest BCUT2D eigenvalue weighted by molar-refractivity contribution is 7.89. The molecule has 5 nitrogen and oxygen atoms in total. The van der Waals surface area contributed by atoms with Crippen LogP contribution in [-0.2, 0) is 16.4 Å². The average molecular weight is 277 g/mol. The number of hydrogen-bond donors (Lipinski definition) is 2. The van der Waals surface area contributed by atoms with Gasteiger partial charge in [-0.25, -0.2) is 18.1 Å². The Balaban J connectivity index is 2.16. The van der Waals surface area contributed by atoms with Crippen LogP contribution in [0.4, 0.5) is 0 Å². The smallest absolute Gasteiger partial charge is 0.212 e. The predicted octanol–water partition coefficient (Wildman–Crippen LogP) is 0.605. The van der Waals surface area contributed by atoms with Crippen molar-refractivity contribution in [1.82, 2.24) is 15.0 Å². The molecule has 0 radical (unpaired) electrons. The number of rotatable bonds is 9. The molecule has 7 heteroatoms. The molecular formula is C10H19N3O2S2. The maximum atomic E-state index is 11.6. The molecular weight excluding hydrogens is 258 g/mol. The molecule has 0 bridgehead atoms. The molecule has 0 spiro atoms. The van der Waals surface area contributed by atoms with Crippen LogP contribution in [0.2, 0.25) is 0 Å². The molecule has 0 aliphatic rings. The summed E-state index contributed by atoms with van der Waals surface area (Å²) in [6.45, 7) is 3.83. The van der Waals surface area contributed by atoms with Crippen molar-refractivity contribution in [2.24, 2.45) is 0 Å². The van der Waals surface area contributed by atoms with Gasteiger partial charge in [0.1, 0.15) is 0 Å². The zero-order valence-electron chi connectivity index (χ0n) is 9.98. The summed E-state index contributed by atoms with van der Waals surface area (Å²) in [5.41, 5.74) is 0. The Morgan fingerprint density at radius 3 is 2.82 bits per heavy atom. The van der Waals surface area contributed by atoms with Crippen molar-refractivity contribution in [3.8, 4) is 0 Å². The molecule has 1 aromatic heterocycles. The van der Waals surface area contributed by atoms with Gasteiger partial charge in [-0.05, 0) is 13.0 Å². The molecule has 2 N–H and O–H groups in total. The van der Waals surface area contributed by atoms with E-state index in [-0.39, 0.29) is 5.75 Å². The normalized spacial score (nSPS) is 11.8. The van der Waals surface area contributed by atoms with Gasteiger partial charge in [0.15, 0.2) is 0 Å². The van der Waals surface area contributed by atoms with Crippen LogP contribution in [0.1, 0.15) is 18.4 Å². The Morgan fingerprint density at radius 1 is 1.35 bits per heavy atom. The predicted molar refractivity (Wildman–Crippen MR) is 70.8 cm³/mol. The van der Waals surface area contributed by atoms with Gasteiger partial charge in [-0.3, -0.25) is 0 Å². The van der Waals surface area contributed by atoms with Crippen molar-refractivity contribution in [1.29, 1.82) is 0 Å². The van der Waals surface area contributed by atoms with E-state index in [1.165, 1.54) is 11.3 Å². The fourth-order valence-corrected chi connectivity index (χ4v) is 2.86. The van der Waals surface area contributed by atoms with Gasteiger partial charge in [0.2, 0.25) is 10.0 Å². The first-order valence-corrected chi connectivity index (χ1v) is 8.23. The quantitative estimate of drug-likeness (QED) is 0.649. The molecule has 0 amide bonds. The molecule has 0 aromatic carbocycles. The van der Waals surface area contributed by atoms with Crippen LogP contribution >= 0.6 is 11.3 Å². The fraction of sp³-hybridized carbons (Fsp3) is 0.700. The fourth-order valence-electron chi connectivity index (χ4n) is 1.27. The minimum absolute atomic E-state index is 0.130. The van der Waals surface area contributed by atoms with Crippen molar-refractivity contribution in [2.45, 2.75) is 19.8 Å². The first kappa shape index (κ1) is 14.6. The molecule has 1 aromatic rings. The van der Waals surface area contributed by atoms with Crippen molar-refractivity contribution < 1.29 is 8.42 Å². The monoisotopic (exact) mass is 277 g/mol. The van der Waals surface area contributed by atoms with Gasteiger partial charge in [-0.15, -0.1) is 11.3 Å². The minimum Gasteiger partial charge on any atom is -0.316 e. The maximum absolute atomic E-state index is 11.6. The lowest BCUT2D eigenvalue weighted by Crippen LogP contribution is -2.33. The third kappa shape index (κ3) is 6.72. The maximum Gasteiger partial charge on any atom is 0.212 e. The highest BCUT2D eigenvalue weighted by atomic mass is 32.2. The van der Waals surface area contributed by atoms with Crippen LogP contribution in [-0.4, -0.2) is 38.8 Å². The van der Waals surface area contributed by atoms with Crippen molar-refractivity contribution in [2.75, 3.05) is 25.4 Å². The van der Waals surface area contributed by atoms with Crippen LogP contribution in [0.3, 0.4) is 0 Å². The number of nitrogens with one attached hydrogen (secondary N) is 2. The van der Waals surface area contributed by atoms with Crippen LogP contribution in [0.25, 0.3) is 0 Å². The summed E-state index contributed by atoms with van der Waals surface area (Å²) in [5.74, 6) is 0.130. The Bertz CT molecular complexity index is 390. The number of hydrogen-bond acceptors (Lipinski definition) is 5. The Labute approximate surface area is 107 Å². The van der Waals surface area contributed by atoms with Gasteiger partial charge in [0.05, 0.1) is 10.8 Å². The molecule has 17 heavy (non-hydrogen) atoms. The van der Waals surface area contributed by atoms with E-state index in [0.717, 1.165) is 18.0 Å². The van der Waals surface area contributed by atoms with E-state index >= 15 is 0 Å². The molecule has 0 aliphatic heterocycles. The summed E-state index contributed by atoms with van der Waals surface area (Å²) < 4.78 is 25.7. The second kappa shape index (κ2) is 7.75. The highest BCUT2D eigenvalue weighted by Crippen LogP contribution is 2.03. The van der Waals surface area contributed by atoms with Gasteiger partial charge in [-0.2, -0.15) is 0 Å². The summed E-state index contributed by atoms with van der Waals surface area (Å²) >= 11 is 1.54. The van der Waals surface area contributed by atoms with Gasteiger partial charge in [0, 0.05) is 31.1 Å². The molecule has 1 rings (SSSR count). The molecule has 0 saturated carbocycles. The SMILES string of the molecule is CCCNCCS(=O)(=O)NCCc1nccs1. The van der Waals surface area contributed by atoms with Crippen LogP contribution in [0, 0.1) is 0 Å². The zero-order valence-corrected chi connectivity index (χ0v) is 11.6. The lowest BCUT2D eigenvalue weighted by molar-refractivity contribution is 0.576. The van der Waals surface area contributed by atoms with Crippen LogP contribution < -0.4 is 10.0 Å². The van der Waals surface area contributed by atoms with E-state index in [9.17, 15) is 8.42 Å². The Hall–Kier alpha value is -0.500. The third-order valence-corrected chi connectivity index (χ3v) is 4.34. The summed E-state index contributed by atoms with van der Waals surface area (Å²) in [6, 6.07) is 0.